The Morgan fingerprint density at radius 3 is 2.07 bits per heavy atom. The van der Waals surface area contributed by atoms with Crippen molar-refractivity contribution in [3.05, 3.63) is 60.8 Å². The number of phosphoric ester groups is 1. The molecule has 0 saturated carbocycles. The zero-order valence-electron chi connectivity index (χ0n) is 26.2. The lowest BCUT2D eigenvalue weighted by molar-refractivity contribution is -0.870. The van der Waals surface area contributed by atoms with Crippen molar-refractivity contribution in [3.63, 3.8) is 0 Å². The third-order valence-corrected chi connectivity index (χ3v) is 6.96. The van der Waals surface area contributed by atoms with Crippen LogP contribution in [0.1, 0.15) is 84.5 Å². The van der Waals surface area contributed by atoms with E-state index in [1.165, 1.54) is 0 Å². The lowest BCUT2D eigenvalue weighted by Crippen LogP contribution is -2.45. The van der Waals surface area contributed by atoms with Crippen molar-refractivity contribution in [2.75, 3.05) is 40.9 Å². The molecule has 0 spiro atoms. The van der Waals surface area contributed by atoms with Crippen LogP contribution in [0.4, 0.5) is 0 Å². The minimum Gasteiger partial charge on any atom is -0.756 e. The van der Waals surface area contributed by atoms with Gasteiger partial charge in [-0.2, -0.15) is 0 Å². The summed E-state index contributed by atoms with van der Waals surface area (Å²) in [6.07, 6.45) is 28.8. The van der Waals surface area contributed by atoms with Crippen LogP contribution < -0.4 is 10.2 Å². The maximum Gasteiger partial charge on any atom is 0.268 e. The minimum atomic E-state index is -4.58. The van der Waals surface area contributed by atoms with E-state index in [1.807, 2.05) is 39.4 Å². The van der Waals surface area contributed by atoms with Crippen LogP contribution in [-0.2, 0) is 18.4 Å². The Balaban J connectivity index is 4.74. The summed E-state index contributed by atoms with van der Waals surface area (Å²) in [4.78, 5) is 24.8. The number of carbonyl (C=O) groups is 1. The molecule has 0 bridgehead atoms. The summed E-state index contributed by atoms with van der Waals surface area (Å²) in [5, 5.41) is 13.4. The van der Waals surface area contributed by atoms with Gasteiger partial charge < -0.3 is 28.8 Å². The first-order chi connectivity index (χ1) is 19.5. The molecule has 9 heteroatoms. The van der Waals surface area contributed by atoms with Gasteiger partial charge in [-0.15, -0.1) is 0 Å². The molecule has 2 N–H and O–H groups in total. The fourth-order valence-corrected chi connectivity index (χ4v) is 4.23. The quantitative estimate of drug-likeness (QED) is 0.0566. The van der Waals surface area contributed by atoms with Gasteiger partial charge in [0.25, 0.3) is 7.82 Å². The normalized spacial score (nSPS) is 16.0. The number of phosphoric acid groups is 1. The Kier molecular flexibility index (Phi) is 23.7. The average molecular weight is 597 g/mol. The van der Waals surface area contributed by atoms with E-state index >= 15 is 0 Å². The van der Waals surface area contributed by atoms with Crippen molar-refractivity contribution in [2.24, 2.45) is 0 Å². The molecule has 0 aliphatic rings. The number of unbranched alkanes of at least 4 members (excludes halogenated alkanes) is 4. The highest BCUT2D eigenvalue weighted by Crippen LogP contribution is 2.38. The predicted octanol–water partition coefficient (Wildman–Crippen LogP) is 6.15. The molecule has 0 aliphatic carbocycles. The molecule has 0 aromatic rings. The van der Waals surface area contributed by atoms with Crippen LogP contribution in [-0.4, -0.2) is 68.5 Å². The molecular formula is C32H57N2O6P. The minimum absolute atomic E-state index is 0.0175. The highest BCUT2D eigenvalue weighted by molar-refractivity contribution is 7.45. The number of likely N-dealkylation sites (N-methyl/N-ethyl adjacent to an activating group) is 1. The Bertz CT molecular complexity index is 861. The third kappa shape index (κ3) is 26.8. The molecule has 0 radical (unpaired) electrons. The van der Waals surface area contributed by atoms with E-state index in [4.69, 9.17) is 9.05 Å². The first-order valence-electron chi connectivity index (χ1n) is 15.2. The van der Waals surface area contributed by atoms with Crippen LogP contribution in [0.3, 0.4) is 0 Å². The van der Waals surface area contributed by atoms with Gasteiger partial charge in [0.15, 0.2) is 0 Å². The molecule has 0 aliphatic heterocycles. The number of rotatable bonds is 25. The largest absolute Gasteiger partial charge is 0.756 e. The molecule has 0 saturated heterocycles. The van der Waals surface area contributed by atoms with Gasteiger partial charge in [-0.1, -0.05) is 93.9 Å². The van der Waals surface area contributed by atoms with Crippen molar-refractivity contribution < 1.29 is 32.9 Å². The molecule has 0 rings (SSSR count). The van der Waals surface area contributed by atoms with Crippen LogP contribution in [0.2, 0.25) is 0 Å². The van der Waals surface area contributed by atoms with Gasteiger partial charge in [-0.3, -0.25) is 9.36 Å². The second kappa shape index (κ2) is 24.8. The number of amides is 1. The summed E-state index contributed by atoms with van der Waals surface area (Å²) in [6, 6.07) is -0.920. The molecule has 1 amide bonds. The highest BCUT2D eigenvalue weighted by atomic mass is 31.2. The maximum atomic E-state index is 12.6. The maximum absolute atomic E-state index is 12.6. The molecule has 0 aromatic heterocycles. The van der Waals surface area contributed by atoms with Crippen molar-refractivity contribution in [3.8, 4) is 0 Å². The number of hydrogen-bond donors (Lipinski definition) is 2. The van der Waals surface area contributed by atoms with Crippen molar-refractivity contribution >= 4 is 13.7 Å². The Labute approximate surface area is 250 Å². The number of carbonyl (C=O) groups excluding carboxylic acids is 1. The number of nitrogens with zero attached hydrogens (tertiary/aromatic N) is 1. The summed E-state index contributed by atoms with van der Waals surface area (Å²) in [7, 11) is 1.20. The number of allylic oxidation sites excluding steroid dienone is 9. The van der Waals surface area contributed by atoms with Crippen molar-refractivity contribution in [2.45, 2.75) is 96.6 Å². The fourth-order valence-electron chi connectivity index (χ4n) is 3.51. The first kappa shape index (κ1) is 39.2. The summed E-state index contributed by atoms with van der Waals surface area (Å²) < 4.78 is 22.8. The second-order valence-corrected chi connectivity index (χ2v) is 12.5. The summed E-state index contributed by atoms with van der Waals surface area (Å²) in [5.74, 6) is -0.289. The predicted molar refractivity (Wildman–Crippen MR) is 168 cm³/mol. The van der Waals surface area contributed by atoms with Crippen LogP contribution in [0.25, 0.3) is 0 Å². The van der Waals surface area contributed by atoms with Crippen LogP contribution in [0.15, 0.2) is 60.8 Å². The Morgan fingerprint density at radius 2 is 1.49 bits per heavy atom. The van der Waals surface area contributed by atoms with E-state index < -0.39 is 26.6 Å². The van der Waals surface area contributed by atoms with Crippen molar-refractivity contribution in [1.82, 2.24) is 5.32 Å². The van der Waals surface area contributed by atoms with Crippen molar-refractivity contribution in [1.29, 1.82) is 0 Å². The molecule has 0 heterocycles. The van der Waals surface area contributed by atoms with Gasteiger partial charge in [0, 0.05) is 6.42 Å². The second-order valence-electron chi connectivity index (χ2n) is 11.1. The zero-order chi connectivity index (χ0) is 30.8. The smallest absolute Gasteiger partial charge is 0.268 e. The Morgan fingerprint density at radius 1 is 0.878 bits per heavy atom. The summed E-state index contributed by atoms with van der Waals surface area (Å²) >= 11 is 0. The van der Waals surface area contributed by atoms with E-state index in [2.05, 4.69) is 55.6 Å². The van der Waals surface area contributed by atoms with E-state index in [9.17, 15) is 19.4 Å². The molecule has 8 nitrogen and oxygen atoms in total. The summed E-state index contributed by atoms with van der Waals surface area (Å²) in [5.41, 5.74) is 0. The van der Waals surface area contributed by atoms with Crippen LogP contribution in [0.5, 0.6) is 0 Å². The number of hydrogen-bond acceptors (Lipinski definition) is 6. The lowest BCUT2D eigenvalue weighted by Gasteiger charge is -2.29. The molecule has 41 heavy (non-hydrogen) atoms. The average Bonchev–Trinajstić information content (AvgIpc) is 2.90. The number of aliphatic hydroxyl groups excluding tert-OH is 1. The van der Waals surface area contributed by atoms with Gasteiger partial charge >= 0.3 is 0 Å². The number of nitrogens with one attached hydrogen (secondary N) is 1. The summed E-state index contributed by atoms with van der Waals surface area (Å²) in [6.45, 7) is 4.32. The van der Waals surface area contributed by atoms with Gasteiger partial charge in [0.05, 0.1) is 39.9 Å². The van der Waals surface area contributed by atoms with Gasteiger partial charge in [0.2, 0.25) is 5.91 Å². The molecule has 236 valence electrons. The number of quaternary nitrogens is 1. The van der Waals surface area contributed by atoms with Crippen LogP contribution >= 0.6 is 7.82 Å². The SMILES string of the molecule is CC/C=C\C/C=C\C/C=C\C/C=C\CCC(=O)NC(COP(=O)([O-])OCC[N+](C)(C)C)C(O)/C=C/CCCCCC. The molecule has 0 aromatic carbocycles. The zero-order valence-corrected chi connectivity index (χ0v) is 27.1. The monoisotopic (exact) mass is 596 g/mol. The van der Waals surface area contributed by atoms with E-state index in [0.717, 1.165) is 57.8 Å². The lowest BCUT2D eigenvalue weighted by atomic mass is 10.1. The van der Waals surface area contributed by atoms with E-state index in [0.29, 0.717) is 17.4 Å². The van der Waals surface area contributed by atoms with E-state index in [1.54, 1.807) is 6.08 Å². The van der Waals surface area contributed by atoms with E-state index in [-0.39, 0.29) is 18.9 Å². The molecular weight excluding hydrogens is 539 g/mol. The molecule has 0 fully saturated rings. The van der Waals surface area contributed by atoms with Crippen LogP contribution in [0, 0.1) is 0 Å². The first-order valence-corrected chi connectivity index (χ1v) is 16.6. The van der Waals surface area contributed by atoms with Gasteiger partial charge in [-0.25, -0.2) is 0 Å². The van der Waals surface area contributed by atoms with Gasteiger partial charge in [0.1, 0.15) is 13.2 Å². The highest BCUT2D eigenvalue weighted by Gasteiger charge is 2.23. The Hall–Kier alpha value is -1.80. The topological polar surface area (TPSA) is 108 Å². The fraction of sp³-hybridized carbons (Fsp3) is 0.656. The third-order valence-electron chi connectivity index (χ3n) is 6.00. The molecule has 3 atom stereocenters. The standard InChI is InChI=1S/C32H57N2O6P/c1-6-8-10-12-14-15-16-17-18-19-20-22-24-26-32(36)33-30(31(35)25-23-21-13-11-9-7-2)29-40-41(37,38)39-28-27-34(3,4)5/h8,10,14-15,17-18,20,22-23,25,30-31,35H,6-7,9,11-13,16,19,21,24,26-29H2,1-5H3,(H-,33,36,37,38)/b10-8-,15-14-,18-17-,22-20-,25-23+. The van der Waals surface area contributed by atoms with Gasteiger partial charge in [-0.05, 0) is 44.9 Å². The molecule has 3 unspecified atom stereocenters. The number of aliphatic hydroxyl groups is 1.